The average molecular weight is 621 g/mol. The number of hydrogen-bond acceptors (Lipinski definition) is 9. The number of aliphatic carboxylic acids is 1. The fraction of sp³-hybridized carbons (Fsp3) is 0.355. The third kappa shape index (κ3) is 8.03. The lowest BCUT2D eigenvalue weighted by atomic mass is 9.84. The Morgan fingerprint density at radius 2 is 1.67 bits per heavy atom. The zero-order chi connectivity index (χ0) is 32.6. The Kier molecular flexibility index (Phi) is 10.5. The van der Waals surface area contributed by atoms with Crippen LogP contribution in [-0.2, 0) is 22.6 Å². The van der Waals surface area contributed by atoms with Crippen LogP contribution in [0.1, 0.15) is 41.3 Å². The molecule has 1 atom stereocenters. The number of Topliss-reactive ketones (excluding diaryl/α,β-unsaturated/α-hetero) is 1. The first-order chi connectivity index (χ1) is 21.5. The highest BCUT2D eigenvalue weighted by Gasteiger charge is 2.40. The number of piperidine rings is 1. The van der Waals surface area contributed by atoms with Crippen molar-refractivity contribution in [3.8, 4) is 11.5 Å². The van der Waals surface area contributed by atoms with E-state index in [1.54, 1.807) is 18.2 Å². The lowest BCUT2D eigenvalue weighted by Crippen LogP contribution is -2.62. The van der Waals surface area contributed by atoms with Crippen LogP contribution in [0.4, 0.5) is 10.6 Å². The fourth-order valence-electron chi connectivity index (χ4n) is 5.26. The summed E-state index contributed by atoms with van der Waals surface area (Å²) in [6.45, 7) is 3.22. The number of methoxy groups -OCH3 is 2. The molecule has 0 aliphatic carbocycles. The minimum Gasteiger partial charge on any atom is -0.496 e. The molecule has 3 aromatic rings. The molecule has 4 rings (SSSR count). The lowest BCUT2D eigenvalue weighted by Gasteiger charge is -2.40. The molecule has 1 aliphatic heterocycles. The second-order valence-corrected chi connectivity index (χ2v) is 10.7. The first kappa shape index (κ1) is 32.7. The van der Waals surface area contributed by atoms with Gasteiger partial charge in [-0.05, 0) is 37.5 Å². The molecule has 2 aromatic carbocycles. The first-order valence-corrected chi connectivity index (χ1v) is 14.2. The Morgan fingerprint density at radius 1 is 1.02 bits per heavy atom. The minimum atomic E-state index is -1.50. The highest BCUT2D eigenvalue weighted by molar-refractivity contribution is 6.08. The van der Waals surface area contributed by atoms with Crippen LogP contribution >= 0.6 is 0 Å². The number of aromatic nitrogens is 2. The van der Waals surface area contributed by atoms with Gasteiger partial charge in [0.25, 0.3) is 5.91 Å². The highest BCUT2D eigenvalue weighted by atomic mass is 16.5. The SMILES string of the molecule is COc1cccc(OC)c1C(=O)Nc1nc(=O)[nH]cc1CC(NC(=O)NC1(C(C)=O)CCN(Cc2ccccc2)CC1)C(=O)O. The van der Waals surface area contributed by atoms with E-state index in [0.717, 1.165) is 5.56 Å². The minimum absolute atomic E-state index is 0.0344. The normalized spacial score (nSPS) is 14.9. The Labute approximate surface area is 259 Å². The van der Waals surface area contributed by atoms with Crippen molar-refractivity contribution in [2.45, 2.75) is 44.3 Å². The third-order valence-electron chi connectivity index (χ3n) is 7.79. The quantitative estimate of drug-likeness (QED) is 0.200. The van der Waals surface area contributed by atoms with Crippen molar-refractivity contribution < 1.29 is 33.8 Å². The van der Waals surface area contributed by atoms with Crippen molar-refractivity contribution in [2.75, 3.05) is 32.6 Å². The van der Waals surface area contributed by atoms with Gasteiger partial charge in [-0.3, -0.25) is 14.5 Å². The monoisotopic (exact) mass is 620 g/mol. The fourth-order valence-corrected chi connectivity index (χ4v) is 5.26. The number of anilines is 1. The number of nitrogens with zero attached hydrogens (tertiary/aromatic N) is 2. The Balaban J connectivity index is 1.46. The second kappa shape index (κ2) is 14.5. The van der Waals surface area contributed by atoms with E-state index in [-0.39, 0.29) is 40.6 Å². The summed E-state index contributed by atoms with van der Waals surface area (Å²) in [5.74, 6) is -2.14. The standard InChI is InChI=1S/C31H36N6O8/c1-19(38)31(12-14-37(15-13-31)18-20-8-5-4-6-9-20)36-30(43)33-22(28(40)41)16-21-17-32-29(42)35-26(21)34-27(39)25-23(44-2)10-7-11-24(25)45-3/h4-11,17,22H,12-16,18H2,1-3H3,(H,40,41)(H2,33,36,43)(H2,32,34,35,39,42). The average Bonchev–Trinajstić information content (AvgIpc) is 3.02. The molecule has 0 saturated carbocycles. The molecule has 0 bridgehead atoms. The highest BCUT2D eigenvalue weighted by Crippen LogP contribution is 2.29. The number of ketones is 1. The van der Waals surface area contributed by atoms with Gasteiger partial charge in [-0.1, -0.05) is 36.4 Å². The van der Waals surface area contributed by atoms with Crippen LogP contribution in [0.3, 0.4) is 0 Å². The summed E-state index contributed by atoms with van der Waals surface area (Å²) in [5.41, 5.74) is -0.655. The van der Waals surface area contributed by atoms with Gasteiger partial charge in [-0.15, -0.1) is 0 Å². The molecule has 2 heterocycles. The zero-order valence-electron chi connectivity index (χ0n) is 25.2. The number of nitrogens with one attached hydrogen (secondary N) is 4. The molecule has 14 nitrogen and oxygen atoms in total. The van der Waals surface area contributed by atoms with Crippen LogP contribution in [0.15, 0.2) is 59.5 Å². The summed E-state index contributed by atoms with van der Waals surface area (Å²) in [4.78, 5) is 71.7. The molecule has 1 saturated heterocycles. The molecule has 3 amide bonds. The molecule has 1 unspecified atom stereocenters. The number of carbonyl (C=O) groups excluding carboxylic acids is 3. The summed E-state index contributed by atoms with van der Waals surface area (Å²) in [5, 5.41) is 17.6. The summed E-state index contributed by atoms with van der Waals surface area (Å²) in [7, 11) is 2.75. The largest absolute Gasteiger partial charge is 0.496 e. The van der Waals surface area contributed by atoms with Crippen molar-refractivity contribution in [1.29, 1.82) is 0 Å². The van der Waals surface area contributed by atoms with Gasteiger partial charge in [-0.2, -0.15) is 4.98 Å². The number of ether oxygens (including phenoxy) is 2. The molecule has 1 fully saturated rings. The van der Waals surface area contributed by atoms with Gasteiger partial charge in [0, 0.05) is 37.8 Å². The van der Waals surface area contributed by atoms with E-state index < -0.39 is 35.2 Å². The van der Waals surface area contributed by atoms with Gasteiger partial charge in [0.1, 0.15) is 34.5 Å². The van der Waals surface area contributed by atoms with Crippen molar-refractivity contribution >= 4 is 29.5 Å². The van der Waals surface area contributed by atoms with E-state index in [0.29, 0.717) is 32.5 Å². The lowest BCUT2D eigenvalue weighted by molar-refractivity contribution is -0.139. The van der Waals surface area contributed by atoms with Gasteiger partial charge in [0.05, 0.1) is 14.2 Å². The second-order valence-electron chi connectivity index (χ2n) is 10.7. The smallest absolute Gasteiger partial charge is 0.346 e. The number of likely N-dealkylation sites (tertiary alicyclic amines) is 1. The maximum absolute atomic E-state index is 13.2. The van der Waals surface area contributed by atoms with Crippen LogP contribution in [0, 0.1) is 0 Å². The number of carboxylic acid groups (broad SMARTS) is 1. The number of hydrogen-bond donors (Lipinski definition) is 5. The number of aromatic amines is 1. The summed E-state index contributed by atoms with van der Waals surface area (Å²) in [6, 6.07) is 12.3. The Hall–Kier alpha value is -5.24. The number of amides is 3. The molecule has 14 heteroatoms. The van der Waals surface area contributed by atoms with Crippen molar-refractivity contribution in [2.24, 2.45) is 0 Å². The van der Waals surface area contributed by atoms with E-state index >= 15 is 0 Å². The molecule has 45 heavy (non-hydrogen) atoms. The number of H-pyrrole nitrogens is 1. The zero-order valence-corrected chi connectivity index (χ0v) is 25.2. The van der Waals surface area contributed by atoms with E-state index in [9.17, 15) is 29.1 Å². The number of urea groups is 1. The molecule has 1 aromatic heterocycles. The van der Waals surface area contributed by atoms with Gasteiger partial charge in [0.15, 0.2) is 5.78 Å². The van der Waals surface area contributed by atoms with Crippen LogP contribution in [0.5, 0.6) is 11.5 Å². The van der Waals surface area contributed by atoms with Crippen molar-refractivity contribution in [3.05, 3.63) is 81.9 Å². The Morgan fingerprint density at radius 3 is 2.24 bits per heavy atom. The van der Waals surface area contributed by atoms with Crippen molar-refractivity contribution in [1.82, 2.24) is 25.5 Å². The molecule has 5 N–H and O–H groups in total. The van der Waals surface area contributed by atoms with Crippen molar-refractivity contribution in [3.63, 3.8) is 0 Å². The molecule has 0 radical (unpaired) electrons. The van der Waals surface area contributed by atoms with Gasteiger partial charge >= 0.3 is 17.7 Å². The van der Waals surface area contributed by atoms with E-state index in [1.165, 1.54) is 27.3 Å². The number of carbonyl (C=O) groups is 4. The molecule has 0 spiro atoms. The number of rotatable bonds is 12. The number of carboxylic acids is 1. The summed E-state index contributed by atoms with van der Waals surface area (Å²) >= 11 is 0. The molecular formula is C31H36N6O8. The summed E-state index contributed by atoms with van der Waals surface area (Å²) < 4.78 is 10.5. The molecule has 238 valence electrons. The predicted molar refractivity (Wildman–Crippen MR) is 164 cm³/mol. The maximum Gasteiger partial charge on any atom is 0.346 e. The van der Waals surface area contributed by atoms with Crippen LogP contribution < -0.4 is 31.1 Å². The number of benzene rings is 2. The van der Waals surface area contributed by atoms with Crippen LogP contribution in [0.2, 0.25) is 0 Å². The Bertz CT molecular complexity index is 1580. The van der Waals surface area contributed by atoms with E-state index in [1.807, 2.05) is 30.3 Å². The topological polar surface area (TPSA) is 192 Å². The van der Waals surface area contributed by atoms with Crippen LogP contribution in [0.25, 0.3) is 0 Å². The van der Waals surface area contributed by atoms with Crippen LogP contribution in [-0.4, -0.2) is 82.6 Å². The molecule has 1 aliphatic rings. The van der Waals surface area contributed by atoms with Gasteiger partial charge in [-0.25, -0.2) is 14.4 Å². The molecular weight excluding hydrogens is 584 g/mol. The first-order valence-electron chi connectivity index (χ1n) is 14.2. The van der Waals surface area contributed by atoms with E-state index in [2.05, 4.69) is 30.8 Å². The third-order valence-corrected chi connectivity index (χ3v) is 7.79. The van der Waals surface area contributed by atoms with Gasteiger partial charge < -0.3 is 35.5 Å². The maximum atomic E-state index is 13.2. The summed E-state index contributed by atoms with van der Waals surface area (Å²) in [6.07, 6.45) is 1.56. The van der Waals surface area contributed by atoms with E-state index in [4.69, 9.17) is 9.47 Å². The predicted octanol–water partition coefficient (Wildman–Crippen LogP) is 1.96. The van der Waals surface area contributed by atoms with Gasteiger partial charge in [0.2, 0.25) is 0 Å².